The molecule has 1 aliphatic carbocycles. The van der Waals surface area contributed by atoms with Gasteiger partial charge in [-0.05, 0) is 51.9 Å². The normalized spacial score (nSPS) is 15.7. The Morgan fingerprint density at radius 3 is 3.04 bits per heavy atom. The fourth-order valence-corrected chi connectivity index (χ4v) is 3.35. The molecule has 2 aliphatic rings. The Bertz CT molecular complexity index is 959. The molecule has 122 valence electrons. The van der Waals surface area contributed by atoms with Crippen molar-refractivity contribution in [2.45, 2.75) is 26.2 Å². The van der Waals surface area contributed by atoms with E-state index in [-0.39, 0.29) is 5.78 Å². The van der Waals surface area contributed by atoms with Crippen molar-refractivity contribution in [2.75, 3.05) is 18.2 Å². The number of Topliss-reactive ketones (excluding diaryl/α,β-unsaturated/α-hetero) is 1. The van der Waals surface area contributed by atoms with Crippen LogP contribution in [-0.2, 0) is 4.79 Å². The van der Waals surface area contributed by atoms with Crippen LogP contribution < -0.4 is 20.9 Å². The Hall–Kier alpha value is -2.46. The van der Waals surface area contributed by atoms with E-state index in [2.05, 4.69) is 46.6 Å². The zero-order chi connectivity index (χ0) is 16.5. The van der Waals surface area contributed by atoms with Gasteiger partial charge in [0, 0.05) is 24.7 Å². The molecule has 2 aromatic rings. The number of nitrogens with one attached hydrogen (secondary N) is 1. The molecule has 4 rings (SSSR count). The van der Waals surface area contributed by atoms with Crippen LogP contribution in [0.1, 0.15) is 31.7 Å². The SMILES string of the molecule is CCCCNN1CN=Cc2c1ccc1cc3c(cc21)=CCC(=O)C=3. The van der Waals surface area contributed by atoms with Crippen LogP contribution >= 0.6 is 0 Å². The number of aliphatic imine (C=N–C) groups is 1. The van der Waals surface area contributed by atoms with Crippen LogP contribution in [0.2, 0.25) is 0 Å². The molecule has 0 aromatic heterocycles. The lowest BCUT2D eigenvalue weighted by Gasteiger charge is -2.28. The number of benzene rings is 2. The van der Waals surface area contributed by atoms with Gasteiger partial charge in [0.2, 0.25) is 0 Å². The van der Waals surface area contributed by atoms with E-state index in [1.165, 1.54) is 17.5 Å². The standard InChI is InChI=1S/C20H21N3O/c1-2-3-8-22-23-13-21-12-19-18-11-14-4-6-17(24)10-16(14)9-15(18)5-7-20(19)23/h4-5,7,9-12,22H,2-3,6,8,13H2,1H3. The molecule has 0 amide bonds. The predicted molar refractivity (Wildman–Crippen MR) is 99.6 cm³/mol. The van der Waals surface area contributed by atoms with E-state index in [0.717, 1.165) is 34.4 Å². The quantitative estimate of drug-likeness (QED) is 0.875. The largest absolute Gasteiger partial charge is 0.294 e. The van der Waals surface area contributed by atoms with Crippen LogP contribution in [0.4, 0.5) is 5.69 Å². The maximum Gasteiger partial charge on any atom is 0.160 e. The first-order chi connectivity index (χ1) is 11.8. The molecule has 0 radical (unpaired) electrons. The van der Waals surface area contributed by atoms with Gasteiger partial charge in [0.25, 0.3) is 0 Å². The van der Waals surface area contributed by atoms with Crippen LogP contribution in [0.15, 0.2) is 29.3 Å². The number of nitrogens with zero attached hydrogens (tertiary/aromatic N) is 2. The van der Waals surface area contributed by atoms with Crippen molar-refractivity contribution in [3.05, 3.63) is 40.3 Å². The molecule has 1 aliphatic heterocycles. The third-order valence-corrected chi connectivity index (χ3v) is 4.65. The number of anilines is 1. The van der Waals surface area contributed by atoms with Gasteiger partial charge in [0.15, 0.2) is 5.78 Å². The maximum atomic E-state index is 11.6. The van der Waals surface area contributed by atoms with Crippen molar-refractivity contribution < 1.29 is 4.79 Å². The topological polar surface area (TPSA) is 44.7 Å². The number of unbranched alkanes of at least 4 members (excludes halogenated alkanes) is 1. The average molecular weight is 319 g/mol. The zero-order valence-corrected chi connectivity index (χ0v) is 13.9. The van der Waals surface area contributed by atoms with Crippen LogP contribution in [-0.4, -0.2) is 25.2 Å². The molecule has 24 heavy (non-hydrogen) atoms. The summed E-state index contributed by atoms with van der Waals surface area (Å²) in [5.41, 5.74) is 5.79. The van der Waals surface area contributed by atoms with E-state index >= 15 is 0 Å². The fourth-order valence-electron chi connectivity index (χ4n) is 3.35. The molecule has 0 saturated heterocycles. The summed E-state index contributed by atoms with van der Waals surface area (Å²) >= 11 is 0. The van der Waals surface area contributed by atoms with Gasteiger partial charge in [-0.15, -0.1) is 0 Å². The second kappa shape index (κ2) is 6.21. The summed E-state index contributed by atoms with van der Waals surface area (Å²) < 4.78 is 0. The predicted octanol–water partition coefficient (Wildman–Crippen LogP) is 1.87. The molecule has 0 atom stereocenters. The minimum absolute atomic E-state index is 0.174. The molecule has 4 nitrogen and oxygen atoms in total. The highest BCUT2D eigenvalue weighted by atomic mass is 16.1. The Labute approximate surface area is 141 Å². The number of fused-ring (bicyclic) bond motifs is 4. The third-order valence-electron chi connectivity index (χ3n) is 4.65. The first kappa shape index (κ1) is 15.1. The molecule has 0 spiro atoms. The summed E-state index contributed by atoms with van der Waals surface area (Å²) in [5.74, 6) is 0.174. The second-order valence-electron chi connectivity index (χ2n) is 6.36. The molecular weight excluding hydrogens is 298 g/mol. The Kier molecular flexibility index (Phi) is 3.90. The van der Waals surface area contributed by atoms with Gasteiger partial charge < -0.3 is 0 Å². The minimum Gasteiger partial charge on any atom is -0.294 e. The number of carbonyl (C=O) groups excluding carboxylic acids is 1. The summed E-state index contributed by atoms with van der Waals surface area (Å²) in [6, 6.07) is 8.57. The van der Waals surface area contributed by atoms with Crippen molar-refractivity contribution in [1.29, 1.82) is 0 Å². The van der Waals surface area contributed by atoms with E-state index in [9.17, 15) is 4.79 Å². The van der Waals surface area contributed by atoms with Gasteiger partial charge in [-0.2, -0.15) is 0 Å². The van der Waals surface area contributed by atoms with Gasteiger partial charge in [0.1, 0.15) is 6.67 Å². The van der Waals surface area contributed by atoms with Gasteiger partial charge in [-0.1, -0.05) is 25.5 Å². The van der Waals surface area contributed by atoms with Crippen molar-refractivity contribution >= 4 is 40.6 Å². The first-order valence-corrected chi connectivity index (χ1v) is 8.58. The summed E-state index contributed by atoms with van der Waals surface area (Å²) in [4.78, 5) is 16.2. The Balaban J connectivity index is 1.83. The van der Waals surface area contributed by atoms with E-state index in [4.69, 9.17) is 0 Å². The monoisotopic (exact) mass is 319 g/mol. The molecule has 1 heterocycles. The Morgan fingerprint density at radius 2 is 2.17 bits per heavy atom. The number of hydrogen-bond donors (Lipinski definition) is 1. The van der Waals surface area contributed by atoms with E-state index < -0.39 is 0 Å². The van der Waals surface area contributed by atoms with Crippen molar-refractivity contribution in [1.82, 2.24) is 5.43 Å². The molecule has 0 saturated carbocycles. The highest BCUT2D eigenvalue weighted by Gasteiger charge is 2.16. The second-order valence-corrected chi connectivity index (χ2v) is 6.36. The van der Waals surface area contributed by atoms with Crippen molar-refractivity contribution in [2.24, 2.45) is 4.99 Å². The molecule has 0 fully saturated rings. The molecule has 1 N–H and O–H groups in total. The highest BCUT2D eigenvalue weighted by Crippen LogP contribution is 2.28. The van der Waals surface area contributed by atoms with Crippen molar-refractivity contribution in [3.8, 4) is 0 Å². The molecule has 4 heteroatoms. The zero-order valence-electron chi connectivity index (χ0n) is 13.9. The number of ketones is 1. The summed E-state index contributed by atoms with van der Waals surface area (Å²) in [7, 11) is 0. The Morgan fingerprint density at radius 1 is 1.25 bits per heavy atom. The van der Waals surface area contributed by atoms with E-state index in [1.54, 1.807) is 6.08 Å². The van der Waals surface area contributed by atoms with Gasteiger partial charge in [-0.25, -0.2) is 5.43 Å². The maximum absolute atomic E-state index is 11.6. The molecule has 2 aromatic carbocycles. The first-order valence-electron chi connectivity index (χ1n) is 8.58. The smallest absolute Gasteiger partial charge is 0.160 e. The van der Waals surface area contributed by atoms with Crippen LogP contribution in [0, 0.1) is 0 Å². The lowest BCUT2D eigenvalue weighted by molar-refractivity contribution is -0.112. The number of hydrazine groups is 1. The summed E-state index contributed by atoms with van der Waals surface area (Å²) in [6.07, 6.45) is 8.56. The lowest BCUT2D eigenvalue weighted by atomic mass is 9.97. The minimum atomic E-state index is 0.174. The average Bonchev–Trinajstić information content (AvgIpc) is 2.60. The number of rotatable bonds is 4. The third kappa shape index (κ3) is 2.63. The lowest BCUT2D eigenvalue weighted by Crippen LogP contribution is -2.41. The number of carbonyl (C=O) groups is 1. The summed E-state index contributed by atoms with van der Waals surface area (Å²) in [6.45, 7) is 3.79. The van der Waals surface area contributed by atoms with E-state index in [1.807, 2.05) is 12.3 Å². The highest BCUT2D eigenvalue weighted by molar-refractivity contribution is 6.10. The van der Waals surface area contributed by atoms with Crippen LogP contribution in [0.25, 0.3) is 22.9 Å². The molecule has 0 unspecified atom stereocenters. The number of hydrogen-bond acceptors (Lipinski definition) is 4. The van der Waals surface area contributed by atoms with Gasteiger partial charge in [0.05, 0.1) is 5.69 Å². The van der Waals surface area contributed by atoms with Gasteiger partial charge >= 0.3 is 0 Å². The summed E-state index contributed by atoms with van der Waals surface area (Å²) in [5, 5.41) is 6.62. The molecule has 0 bridgehead atoms. The van der Waals surface area contributed by atoms with Crippen LogP contribution in [0.5, 0.6) is 0 Å². The molecular formula is C20H21N3O. The fraction of sp³-hybridized carbons (Fsp3) is 0.300. The van der Waals surface area contributed by atoms with Crippen molar-refractivity contribution in [3.63, 3.8) is 0 Å². The van der Waals surface area contributed by atoms with E-state index in [0.29, 0.717) is 13.1 Å². The van der Waals surface area contributed by atoms with Crippen LogP contribution in [0.3, 0.4) is 0 Å². The van der Waals surface area contributed by atoms with Gasteiger partial charge in [-0.3, -0.25) is 14.8 Å².